The highest BCUT2D eigenvalue weighted by Gasteiger charge is 2.26. The summed E-state index contributed by atoms with van der Waals surface area (Å²) in [5, 5.41) is 8.29. The van der Waals surface area contributed by atoms with Crippen LogP contribution < -0.4 is 16.0 Å². The predicted molar refractivity (Wildman–Crippen MR) is 86.9 cm³/mol. The molecule has 0 atom stereocenters. The van der Waals surface area contributed by atoms with Gasteiger partial charge in [-0.15, -0.1) is 0 Å². The van der Waals surface area contributed by atoms with Gasteiger partial charge in [0.15, 0.2) is 5.96 Å². The maximum Gasteiger partial charge on any atom is 0.390 e. The Morgan fingerprint density at radius 2 is 2.04 bits per heavy atom. The number of aryl methyl sites for hydroxylation is 1. The van der Waals surface area contributed by atoms with Gasteiger partial charge < -0.3 is 16.0 Å². The maximum absolute atomic E-state index is 12.1. The van der Waals surface area contributed by atoms with E-state index < -0.39 is 12.6 Å². The number of hydrogen-bond acceptors (Lipinski definition) is 3. The Labute approximate surface area is 139 Å². The molecule has 0 aliphatic heterocycles. The average molecular weight is 345 g/mol. The van der Waals surface area contributed by atoms with E-state index in [0.29, 0.717) is 12.4 Å². The third-order valence-electron chi connectivity index (χ3n) is 2.83. The van der Waals surface area contributed by atoms with Gasteiger partial charge in [-0.3, -0.25) is 9.79 Å². The molecule has 0 bridgehead atoms. The summed E-state index contributed by atoms with van der Waals surface area (Å²) in [6, 6.07) is 3.53. The fourth-order valence-corrected chi connectivity index (χ4v) is 1.68. The zero-order valence-electron chi connectivity index (χ0n) is 13.7. The number of rotatable bonds is 7. The van der Waals surface area contributed by atoms with Crippen LogP contribution in [0.1, 0.15) is 25.3 Å². The van der Waals surface area contributed by atoms with Crippen molar-refractivity contribution in [3.8, 4) is 0 Å². The Balaban J connectivity index is 2.37. The number of aliphatic imine (C=N–C) groups is 1. The van der Waals surface area contributed by atoms with Crippen LogP contribution >= 0.6 is 0 Å². The Morgan fingerprint density at radius 1 is 1.29 bits per heavy atom. The predicted octanol–water partition coefficient (Wildman–Crippen LogP) is 2.23. The first-order chi connectivity index (χ1) is 11.3. The van der Waals surface area contributed by atoms with Crippen molar-refractivity contribution in [2.75, 3.05) is 25.0 Å². The van der Waals surface area contributed by atoms with Crippen molar-refractivity contribution < 1.29 is 18.0 Å². The third kappa shape index (κ3) is 8.96. The van der Waals surface area contributed by atoms with Gasteiger partial charge in [-0.25, -0.2) is 4.98 Å². The molecule has 3 N–H and O–H groups in total. The molecule has 1 heterocycles. The fourth-order valence-electron chi connectivity index (χ4n) is 1.68. The molecular formula is C15H22F3N5O. The van der Waals surface area contributed by atoms with E-state index in [-0.39, 0.29) is 31.4 Å². The lowest BCUT2D eigenvalue weighted by atomic mass is 10.3. The summed E-state index contributed by atoms with van der Waals surface area (Å²) in [4.78, 5) is 19.7. The number of nitrogens with one attached hydrogen (secondary N) is 3. The van der Waals surface area contributed by atoms with E-state index in [1.165, 1.54) is 0 Å². The average Bonchev–Trinajstić information content (AvgIpc) is 2.48. The highest BCUT2D eigenvalue weighted by molar-refractivity contribution is 5.90. The highest BCUT2D eigenvalue weighted by atomic mass is 19.4. The maximum atomic E-state index is 12.1. The summed E-state index contributed by atoms with van der Waals surface area (Å²) in [5.41, 5.74) is 0.986. The Bertz CT molecular complexity index is 543. The molecule has 0 aliphatic rings. The monoisotopic (exact) mass is 345 g/mol. The molecule has 0 radical (unpaired) electrons. The standard InChI is InChI=1S/C15H22F3N5O/c1-3-19-14(21-9-7-15(16,17)18)20-8-6-13(24)23-12-5-4-11(2)10-22-12/h4-5,10H,3,6-9H2,1-2H3,(H2,19,20,21)(H,22,23,24). The van der Waals surface area contributed by atoms with E-state index in [0.717, 1.165) is 5.56 Å². The van der Waals surface area contributed by atoms with Crippen molar-refractivity contribution in [3.63, 3.8) is 0 Å². The highest BCUT2D eigenvalue weighted by Crippen LogP contribution is 2.18. The first kappa shape index (κ1) is 19.7. The van der Waals surface area contributed by atoms with Gasteiger partial charge in [0.2, 0.25) is 5.91 Å². The van der Waals surface area contributed by atoms with Crippen LogP contribution in [0.4, 0.5) is 19.0 Å². The second-order valence-corrected chi connectivity index (χ2v) is 5.07. The second kappa shape index (κ2) is 9.74. The van der Waals surface area contributed by atoms with Gasteiger partial charge in [0.1, 0.15) is 5.82 Å². The number of pyridine rings is 1. The summed E-state index contributed by atoms with van der Waals surface area (Å²) in [6.07, 6.45) is -3.44. The van der Waals surface area contributed by atoms with E-state index in [4.69, 9.17) is 0 Å². The zero-order valence-corrected chi connectivity index (χ0v) is 13.7. The van der Waals surface area contributed by atoms with Crippen molar-refractivity contribution in [2.45, 2.75) is 32.9 Å². The van der Waals surface area contributed by atoms with Crippen molar-refractivity contribution in [3.05, 3.63) is 23.9 Å². The minimum absolute atomic E-state index is 0.138. The Hall–Kier alpha value is -2.32. The molecule has 0 unspecified atom stereocenters. The van der Waals surface area contributed by atoms with E-state index in [1.807, 2.05) is 13.0 Å². The van der Waals surface area contributed by atoms with Crippen LogP contribution in [0.5, 0.6) is 0 Å². The van der Waals surface area contributed by atoms with Crippen molar-refractivity contribution in [1.82, 2.24) is 15.6 Å². The normalized spacial score (nSPS) is 12.0. The van der Waals surface area contributed by atoms with Crippen molar-refractivity contribution >= 4 is 17.7 Å². The molecule has 24 heavy (non-hydrogen) atoms. The summed E-state index contributed by atoms with van der Waals surface area (Å²) in [6.45, 7) is 4.09. The van der Waals surface area contributed by atoms with E-state index in [1.54, 1.807) is 19.2 Å². The van der Waals surface area contributed by atoms with Gasteiger partial charge >= 0.3 is 6.18 Å². The molecule has 0 saturated carbocycles. The van der Waals surface area contributed by atoms with Gasteiger partial charge in [0.25, 0.3) is 0 Å². The van der Waals surface area contributed by atoms with Gasteiger partial charge in [0.05, 0.1) is 13.0 Å². The van der Waals surface area contributed by atoms with Gasteiger partial charge in [0, 0.05) is 25.7 Å². The number of aromatic nitrogens is 1. The van der Waals surface area contributed by atoms with Crippen LogP contribution in [0.15, 0.2) is 23.3 Å². The number of amides is 1. The van der Waals surface area contributed by atoms with Crippen LogP contribution in [0.2, 0.25) is 0 Å². The first-order valence-corrected chi connectivity index (χ1v) is 7.61. The number of anilines is 1. The minimum atomic E-state index is -4.23. The molecule has 0 saturated heterocycles. The molecule has 1 aromatic rings. The van der Waals surface area contributed by atoms with Gasteiger partial charge in [-0.2, -0.15) is 13.2 Å². The fraction of sp³-hybridized carbons (Fsp3) is 0.533. The van der Waals surface area contributed by atoms with Gasteiger partial charge in [-0.05, 0) is 25.5 Å². The molecule has 6 nitrogen and oxygen atoms in total. The molecule has 0 aromatic carbocycles. The number of carbonyl (C=O) groups is 1. The Morgan fingerprint density at radius 3 is 2.62 bits per heavy atom. The summed E-state index contributed by atoms with van der Waals surface area (Å²) in [7, 11) is 0. The number of guanidine groups is 1. The topological polar surface area (TPSA) is 78.4 Å². The molecule has 0 fully saturated rings. The second-order valence-electron chi connectivity index (χ2n) is 5.07. The lowest BCUT2D eigenvalue weighted by molar-refractivity contribution is -0.132. The number of halogens is 3. The van der Waals surface area contributed by atoms with Crippen LogP contribution in [-0.2, 0) is 4.79 Å². The lowest BCUT2D eigenvalue weighted by Gasteiger charge is -2.11. The van der Waals surface area contributed by atoms with Crippen molar-refractivity contribution in [2.24, 2.45) is 4.99 Å². The molecule has 1 aromatic heterocycles. The molecular weight excluding hydrogens is 323 g/mol. The van der Waals surface area contributed by atoms with Gasteiger partial charge in [-0.1, -0.05) is 6.07 Å². The van der Waals surface area contributed by atoms with Crippen LogP contribution in [0.25, 0.3) is 0 Å². The molecule has 9 heteroatoms. The lowest BCUT2D eigenvalue weighted by Crippen LogP contribution is -2.39. The summed E-state index contributed by atoms with van der Waals surface area (Å²) < 4.78 is 36.3. The number of alkyl halides is 3. The summed E-state index contributed by atoms with van der Waals surface area (Å²) in [5.74, 6) is 0.462. The number of nitrogens with zero attached hydrogens (tertiary/aromatic N) is 2. The third-order valence-corrected chi connectivity index (χ3v) is 2.83. The number of hydrogen-bond donors (Lipinski definition) is 3. The molecule has 0 spiro atoms. The quantitative estimate of drug-likeness (QED) is 0.523. The molecule has 1 rings (SSSR count). The molecule has 0 aliphatic carbocycles. The SMILES string of the molecule is CCNC(=NCCC(F)(F)F)NCCC(=O)Nc1ccc(C)cn1. The molecule has 1 amide bonds. The van der Waals surface area contributed by atoms with Crippen LogP contribution in [-0.4, -0.2) is 42.7 Å². The first-order valence-electron chi connectivity index (χ1n) is 7.61. The van der Waals surface area contributed by atoms with Crippen molar-refractivity contribution in [1.29, 1.82) is 0 Å². The number of carbonyl (C=O) groups excluding carboxylic acids is 1. The van der Waals surface area contributed by atoms with E-state index >= 15 is 0 Å². The smallest absolute Gasteiger partial charge is 0.357 e. The summed E-state index contributed by atoms with van der Waals surface area (Å²) >= 11 is 0. The van der Waals surface area contributed by atoms with E-state index in [2.05, 4.69) is 25.9 Å². The van der Waals surface area contributed by atoms with Crippen LogP contribution in [0.3, 0.4) is 0 Å². The minimum Gasteiger partial charge on any atom is -0.357 e. The van der Waals surface area contributed by atoms with Crippen LogP contribution in [0, 0.1) is 6.92 Å². The molecule has 134 valence electrons. The largest absolute Gasteiger partial charge is 0.390 e. The Kier molecular flexibility index (Phi) is 8.00. The zero-order chi connectivity index (χ0) is 18.0. The van der Waals surface area contributed by atoms with E-state index in [9.17, 15) is 18.0 Å².